The standard InChI is InChI=1S/C12H17N3O/c1-9-7-14-11(8-13-9)12(16)15(2)10-5-3-4-6-10/h7-8,10H,3-6H2,1-2H3. The summed E-state index contributed by atoms with van der Waals surface area (Å²) in [6.45, 7) is 1.86. The molecule has 0 radical (unpaired) electrons. The van der Waals surface area contributed by atoms with Gasteiger partial charge < -0.3 is 4.90 Å². The lowest BCUT2D eigenvalue weighted by atomic mass is 10.2. The van der Waals surface area contributed by atoms with Gasteiger partial charge in [-0.05, 0) is 19.8 Å². The minimum atomic E-state index is -0.0144. The summed E-state index contributed by atoms with van der Waals surface area (Å²) >= 11 is 0. The van der Waals surface area contributed by atoms with E-state index in [1.54, 1.807) is 12.4 Å². The Morgan fingerprint density at radius 1 is 1.31 bits per heavy atom. The lowest BCUT2D eigenvalue weighted by Crippen LogP contribution is -2.35. The van der Waals surface area contributed by atoms with E-state index in [9.17, 15) is 4.79 Å². The van der Waals surface area contributed by atoms with Crippen LogP contribution in [0.25, 0.3) is 0 Å². The molecular weight excluding hydrogens is 202 g/mol. The molecule has 1 amide bonds. The van der Waals surface area contributed by atoms with E-state index in [1.165, 1.54) is 12.8 Å². The van der Waals surface area contributed by atoms with Crippen LogP contribution in [0.15, 0.2) is 12.4 Å². The minimum Gasteiger partial charge on any atom is -0.337 e. The number of hydrogen-bond donors (Lipinski definition) is 0. The van der Waals surface area contributed by atoms with Crippen LogP contribution >= 0.6 is 0 Å². The number of aromatic nitrogens is 2. The number of amides is 1. The van der Waals surface area contributed by atoms with Gasteiger partial charge in [0.15, 0.2) is 0 Å². The normalized spacial score (nSPS) is 16.4. The van der Waals surface area contributed by atoms with Crippen LogP contribution < -0.4 is 0 Å². The third-order valence-corrected chi connectivity index (χ3v) is 3.19. The molecule has 4 nitrogen and oxygen atoms in total. The fourth-order valence-corrected chi connectivity index (χ4v) is 2.14. The van der Waals surface area contributed by atoms with Gasteiger partial charge in [0.25, 0.3) is 5.91 Å². The zero-order valence-electron chi connectivity index (χ0n) is 9.81. The molecule has 0 atom stereocenters. The smallest absolute Gasteiger partial charge is 0.274 e. The van der Waals surface area contributed by atoms with Crippen LogP contribution in [0.4, 0.5) is 0 Å². The van der Waals surface area contributed by atoms with Crippen molar-refractivity contribution in [3.8, 4) is 0 Å². The van der Waals surface area contributed by atoms with Gasteiger partial charge >= 0.3 is 0 Å². The van der Waals surface area contributed by atoms with Crippen LogP contribution in [0.1, 0.15) is 41.9 Å². The fraction of sp³-hybridized carbons (Fsp3) is 0.583. The monoisotopic (exact) mass is 219 g/mol. The predicted octanol–water partition coefficient (Wildman–Crippen LogP) is 1.80. The largest absolute Gasteiger partial charge is 0.337 e. The van der Waals surface area contributed by atoms with Crippen LogP contribution in [-0.4, -0.2) is 33.9 Å². The third-order valence-electron chi connectivity index (χ3n) is 3.19. The lowest BCUT2D eigenvalue weighted by Gasteiger charge is -2.23. The first kappa shape index (κ1) is 11.0. The number of carbonyl (C=O) groups is 1. The summed E-state index contributed by atoms with van der Waals surface area (Å²) in [6, 6.07) is 0.385. The Kier molecular flexibility index (Phi) is 3.17. The van der Waals surface area contributed by atoms with Crippen LogP contribution in [0.3, 0.4) is 0 Å². The average molecular weight is 219 g/mol. The first-order valence-electron chi connectivity index (χ1n) is 5.74. The quantitative estimate of drug-likeness (QED) is 0.762. The Morgan fingerprint density at radius 2 is 2.00 bits per heavy atom. The Balaban J connectivity index is 2.08. The van der Waals surface area contributed by atoms with E-state index >= 15 is 0 Å². The topological polar surface area (TPSA) is 46.1 Å². The molecule has 1 aliphatic rings. The summed E-state index contributed by atoms with van der Waals surface area (Å²) < 4.78 is 0. The van der Waals surface area contributed by atoms with Crippen molar-refractivity contribution in [2.45, 2.75) is 38.6 Å². The highest BCUT2D eigenvalue weighted by Crippen LogP contribution is 2.23. The molecule has 0 saturated heterocycles. The van der Waals surface area contributed by atoms with E-state index in [0.717, 1.165) is 18.5 Å². The molecule has 2 rings (SSSR count). The van der Waals surface area contributed by atoms with Crippen molar-refractivity contribution in [3.05, 3.63) is 23.8 Å². The zero-order chi connectivity index (χ0) is 11.5. The fourth-order valence-electron chi connectivity index (χ4n) is 2.14. The van der Waals surface area contributed by atoms with Crippen molar-refractivity contribution in [3.63, 3.8) is 0 Å². The summed E-state index contributed by atoms with van der Waals surface area (Å²) in [6.07, 6.45) is 7.87. The molecule has 0 aliphatic heterocycles. The number of carbonyl (C=O) groups excluding carboxylic acids is 1. The molecule has 4 heteroatoms. The highest BCUT2D eigenvalue weighted by atomic mass is 16.2. The molecule has 1 aromatic rings. The van der Waals surface area contributed by atoms with Crippen LogP contribution in [0.2, 0.25) is 0 Å². The van der Waals surface area contributed by atoms with E-state index in [2.05, 4.69) is 9.97 Å². The summed E-state index contributed by atoms with van der Waals surface area (Å²) in [5, 5.41) is 0. The van der Waals surface area contributed by atoms with E-state index in [1.807, 2.05) is 18.9 Å². The van der Waals surface area contributed by atoms with Crippen molar-refractivity contribution < 1.29 is 4.79 Å². The molecule has 16 heavy (non-hydrogen) atoms. The molecule has 1 saturated carbocycles. The van der Waals surface area contributed by atoms with Gasteiger partial charge in [0.2, 0.25) is 0 Å². The number of rotatable bonds is 2. The predicted molar refractivity (Wildman–Crippen MR) is 61.1 cm³/mol. The van der Waals surface area contributed by atoms with Crippen LogP contribution in [-0.2, 0) is 0 Å². The number of nitrogens with zero attached hydrogens (tertiary/aromatic N) is 3. The van der Waals surface area contributed by atoms with Crippen molar-refractivity contribution in [1.82, 2.24) is 14.9 Å². The van der Waals surface area contributed by atoms with Crippen molar-refractivity contribution in [2.24, 2.45) is 0 Å². The molecule has 0 aromatic carbocycles. The SMILES string of the molecule is Cc1cnc(C(=O)N(C)C2CCCC2)cn1. The van der Waals surface area contributed by atoms with Crippen molar-refractivity contribution >= 4 is 5.91 Å². The molecule has 0 bridgehead atoms. The highest BCUT2D eigenvalue weighted by molar-refractivity contribution is 5.92. The summed E-state index contributed by atoms with van der Waals surface area (Å²) in [5.41, 5.74) is 1.28. The summed E-state index contributed by atoms with van der Waals surface area (Å²) in [4.78, 5) is 22.1. The van der Waals surface area contributed by atoms with E-state index < -0.39 is 0 Å². The van der Waals surface area contributed by atoms with Gasteiger partial charge in [0.05, 0.1) is 11.9 Å². The molecule has 0 N–H and O–H groups in total. The molecule has 1 aromatic heterocycles. The van der Waals surface area contributed by atoms with Gasteiger partial charge in [-0.3, -0.25) is 9.78 Å². The number of hydrogen-bond acceptors (Lipinski definition) is 3. The maximum atomic E-state index is 12.1. The third kappa shape index (κ3) is 2.21. The Bertz CT molecular complexity index is 368. The van der Waals surface area contributed by atoms with Crippen LogP contribution in [0.5, 0.6) is 0 Å². The van der Waals surface area contributed by atoms with E-state index in [-0.39, 0.29) is 5.91 Å². The second-order valence-corrected chi connectivity index (χ2v) is 4.40. The molecule has 86 valence electrons. The first-order valence-corrected chi connectivity index (χ1v) is 5.74. The molecule has 1 aliphatic carbocycles. The van der Waals surface area contributed by atoms with Crippen LogP contribution in [0, 0.1) is 6.92 Å². The molecule has 0 spiro atoms. The van der Waals surface area contributed by atoms with E-state index in [0.29, 0.717) is 11.7 Å². The second kappa shape index (κ2) is 4.60. The summed E-state index contributed by atoms with van der Waals surface area (Å²) in [7, 11) is 1.86. The molecule has 1 heterocycles. The Morgan fingerprint density at radius 3 is 2.56 bits per heavy atom. The van der Waals surface area contributed by atoms with E-state index in [4.69, 9.17) is 0 Å². The van der Waals surface area contributed by atoms with Gasteiger partial charge in [0, 0.05) is 19.3 Å². The van der Waals surface area contributed by atoms with Gasteiger partial charge in [0.1, 0.15) is 5.69 Å². The molecular formula is C12H17N3O. The lowest BCUT2D eigenvalue weighted by molar-refractivity contribution is 0.0728. The van der Waals surface area contributed by atoms with Crippen molar-refractivity contribution in [2.75, 3.05) is 7.05 Å². The first-order chi connectivity index (χ1) is 7.68. The maximum absolute atomic E-state index is 12.1. The highest BCUT2D eigenvalue weighted by Gasteiger charge is 2.24. The second-order valence-electron chi connectivity index (χ2n) is 4.40. The average Bonchev–Trinajstić information content (AvgIpc) is 2.81. The van der Waals surface area contributed by atoms with Gasteiger partial charge in [-0.1, -0.05) is 12.8 Å². The Hall–Kier alpha value is -1.45. The zero-order valence-corrected chi connectivity index (χ0v) is 9.81. The molecule has 1 fully saturated rings. The minimum absolute atomic E-state index is 0.0144. The maximum Gasteiger partial charge on any atom is 0.274 e. The molecule has 0 unspecified atom stereocenters. The Labute approximate surface area is 95.7 Å². The summed E-state index contributed by atoms with van der Waals surface area (Å²) in [5.74, 6) is -0.0144. The van der Waals surface area contributed by atoms with Gasteiger partial charge in [-0.25, -0.2) is 4.98 Å². The van der Waals surface area contributed by atoms with Crippen molar-refractivity contribution in [1.29, 1.82) is 0 Å². The van der Waals surface area contributed by atoms with Gasteiger partial charge in [-0.15, -0.1) is 0 Å². The number of aryl methyl sites for hydroxylation is 1. The van der Waals surface area contributed by atoms with Gasteiger partial charge in [-0.2, -0.15) is 0 Å².